The summed E-state index contributed by atoms with van der Waals surface area (Å²) < 4.78 is 31.3. The van der Waals surface area contributed by atoms with E-state index >= 15 is 0 Å². The van der Waals surface area contributed by atoms with Crippen molar-refractivity contribution in [1.29, 1.82) is 0 Å². The van der Waals surface area contributed by atoms with E-state index in [-0.39, 0.29) is 17.1 Å². The van der Waals surface area contributed by atoms with Crippen LogP contribution in [0.2, 0.25) is 5.02 Å². The summed E-state index contributed by atoms with van der Waals surface area (Å²) in [5.41, 5.74) is 6.85. The molecule has 0 aliphatic heterocycles. The van der Waals surface area contributed by atoms with Crippen LogP contribution in [0.15, 0.2) is 33.9 Å². The van der Waals surface area contributed by atoms with Gasteiger partial charge in [-0.3, -0.25) is 0 Å². The minimum Gasteiger partial charge on any atom is -0.397 e. The number of hydrogen-bond donors (Lipinski definition) is 2. The lowest BCUT2D eigenvalue weighted by Gasteiger charge is -2.10. The van der Waals surface area contributed by atoms with Gasteiger partial charge in [0.1, 0.15) is 6.26 Å². The summed E-state index contributed by atoms with van der Waals surface area (Å²) in [7, 11) is -3.68. The summed E-state index contributed by atoms with van der Waals surface area (Å²) >= 11 is 5.83. The minimum absolute atomic E-state index is 0.0425. The molecule has 0 atom stereocenters. The van der Waals surface area contributed by atoms with E-state index in [0.29, 0.717) is 16.3 Å². The number of nitrogens with one attached hydrogen (secondary N) is 1. The van der Waals surface area contributed by atoms with E-state index < -0.39 is 10.0 Å². The second-order valence-electron chi connectivity index (χ2n) is 3.95. The zero-order valence-electron chi connectivity index (χ0n) is 10.1. The molecule has 2 rings (SSSR count). The van der Waals surface area contributed by atoms with E-state index in [2.05, 4.69) is 14.4 Å². The Balaban J connectivity index is 2.27. The lowest BCUT2D eigenvalue weighted by atomic mass is 10.2. The van der Waals surface area contributed by atoms with Gasteiger partial charge in [0.05, 0.1) is 27.8 Å². The van der Waals surface area contributed by atoms with Gasteiger partial charge in [0.25, 0.3) is 0 Å². The van der Waals surface area contributed by atoms with Gasteiger partial charge in [-0.25, -0.2) is 13.1 Å². The van der Waals surface area contributed by atoms with Crippen LogP contribution in [0.4, 0.5) is 5.69 Å². The average molecular weight is 302 g/mol. The first-order valence-electron chi connectivity index (χ1n) is 5.34. The molecular weight excluding hydrogens is 290 g/mol. The number of benzene rings is 1. The predicted molar refractivity (Wildman–Crippen MR) is 71.1 cm³/mol. The highest BCUT2D eigenvalue weighted by molar-refractivity contribution is 7.89. The molecule has 1 aromatic heterocycles. The van der Waals surface area contributed by atoms with Crippen LogP contribution in [0.3, 0.4) is 0 Å². The van der Waals surface area contributed by atoms with Gasteiger partial charge in [-0.15, -0.1) is 0 Å². The number of anilines is 1. The first-order chi connectivity index (χ1) is 8.90. The Morgan fingerprint density at radius 3 is 2.84 bits per heavy atom. The van der Waals surface area contributed by atoms with Crippen molar-refractivity contribution in [3.8, 4) is 0 Å². The molecule has 0 aliphatic carbocycles. The standard InChI is InChI=1S/C11H12ClN3O3S/c1-7-4-9(12)10(13)5-11(7)19(16,17)14-6-8-2-3-18-15-8/h2-5,14H,6,13H2,1H3. The van der Waals surface area contributed by atoms with Crippen LogP contribution in [0.5, 0.6) is 0 Å². The second kappa shape index (κ2) is 5.20. The van der Waals surface area contributed by atoms with Gasteiger partial charge in [-0.2, -0.15) is 0 Å². The first kappa shape index (κ1) is 13.9. The molecule has 8 heteroatoms. The third-order valence-corrected chi connectivity index (χ3v) is 4.39. The van der Waals surface area contributed by atoms with Crippen LogP contribution in [0.25, 0.3) is 0 Å². The van der Waals surface area contributed by atoms with Crippen LogP contribution >= 0.6 is 11.6 Å². The Labute approximate surface area is 115 Å². The number of nitrogens with zero attached hydrogens (tertiary/aromatic N) is 1. The fourth-order valence-electron chi connectivity index (χ4n) is 1.53. The highest BCUT2D eigenvalue weighted by Gasteiger charge is 2.18. The number of hydrogen-bond acceptors (Lipinski definition) is 5. The molecule has 0 bridgehead atoms. The highest BCUT2D eigenvalue weighted by atomic mass is 35.5. The summed E-state index contributed by atoms with van der Waals surface area (Å²) in [5, 5.41) is 3.95. The number of nitrogen functional groups attached to an aromatic ring is 1. The average Bonchev–Trinajstić information content (AvgIpc) is 2.84. The van der Waals surface area contributed by atoms with E-state index in [1.807, 2.05) is 0 Å². The largest absolute Gasteiger partial charge is 0.397 e. The zero-order chi connectivity index (χ0) is 14.0. The SMILES string of the molecule is Cc1cc(Cl)c(N)cc1S(=O)(=O)NCc1ccon1. The summed E-state index contributed by atoms with van der Waals surface area (Å²) in [6.45, 7) is 1.69. The number of halogens is 1. The minimum atomic E-state index is -3.68. The van der Waals surface area contributed by atoms with E-state index in [1.54, 1.807) is 13.0 Å². The van der Waals surface area contributed by atoms with Crippen molar-refractivity contribution in [1.82, 2.24) is 9.88 Å². The smallest absolute Gasteiger partial charge is 0.241 e. The molecule has 102 valence electrons. The third-order valence-electron chi connectivity index (χ3n) is 2.52. The van der Waals surface area contributed by atoms with Crippen LogP contribution in [-0.2, 0) is 16.6 Å². The predicted octanol–water partition coefficient (Wildman–Crippen LogP) is 1.70. The van der Waals surface area contributed by atoms with Gasteiger partial charge in [-0.05, 0) is 24.6 Å². The van der Waals surface area contributed by atoms with Crippen LogP contribution < -0.4 is 10.5 Å². The second-order valence-corrected chi connectivity index (χ2v) is 6.10. The molecule has 1 heterocycles. The lowest BCUT2D eigenvalue weighted by Crippen LogP contribution is -2.24. The quantitative estimate of drug-likeness (QED) is 0.837. The van der Waals surface area contributed by atoms with Crippen molar-refractivity contribution in [3.63, 3.8) is 0 Å². The molecule has 0 radical (unpaired) electrons. The third kappa shape index (κ3) is 3.06. The van der Waals surface area contributed by atoms with Gasteiger partial charge in [0.2, 0.25) is 10.0 Å². The van der Waals surface area contributed by atoms with Crippen molar-refractivity contribution in [3.05, 3.63) is 40.7 Å². The molecular formula is C11H12ClN3O3S. The van der Waals surface area contributed by atoms with Crippen molar-refractivity contribution in [2.45, 2.75) is 18.4 Å². The lowest BCUT2D eigenvalue weighted by molar-refractivity contribution is 0.411. The Hall–Kier alpha value is -1.57. The maximum Gasteiger partial charge on any atom is 0.241 e. The van der Waals surface area contributed by atoms with Gasteiger partial charge < -0.3 is 10.3 Å². The van der Waals surface area contributed by atoms with Gasteiger partial charge in [-0.1, -0.05) is 16.8 Å². The molecule has 0 spiro atoms. The number of sulfonamides is 1. The van der Waals surface area contributed by atoms with Gasteiger partial charge in [0, 0.05) is 6.07 Å². The number of rotatable bonds is 4. The Bertz CT molecular complexity index is 683. The van der Waals surface area contributed by atoms with Crippen molar-refractivity contribution < 1.29 is 12.9 Å². The fraction of sp³-hybridized carbons (Fsp3) is 0.182. The Morgan fingerprint density at radius 2 is 2.21 bits per heavy atom. The molecule has 6 nitrogen and oxygen atoms in total. The maximum absolute atomic E-state index is 12.1. The van der Waals surface area contributed by atoms with Crippen molar-refractivity contribution in [2.75, 3.05) is 5.73 Å². The van der Waals surface area contributed by atoms with Crippen LogP contribution in [-0.4, -0.2) is 13.6 Å². The highest BCUT2D eigenvalue weighted by Crippen LogP contribution is 2.26. The molecule has 0 saturated carbocycles. The van der Waals surface area contributed by atoms with Crippen LogP contribution in [0.1, 0.15) is 11.3 Å². The summed E-state index contributed by atoms with van der Waals surface area (Å²) in [6, 6.07) is 4.43. The summed E-state index contributed by atoms with van der Waals surface area (Å²) in [5.74, 6) is 0. The van der Waals surface area contributed by atoms with Gasteiger partial charge >= 0.3 is 0 Å². The Kier molecular flexibility index (Phi) is 3.79. The number of aromatic nitrogens is 1. The zero-order valence-corrected chi connectivity index (χ0v) is 11.6. The molecule has 1 aromatic carbocycles. The fourth-order valence-corrected chi connectivity index (χ4v) is 3.01. The number of aryl methyl sites for hydroxylation is 1. The molecule has 3 N–H and O–H groups in total. The summed E-state index contributed by atoms with van der Waals surface area (Å²) in [6.07, 6.45) is 1.37. The molecule has 19 heavy (non-hydrogen) atoms. The van der Waals surface area contributed by atoms with Crippen LogP contribution in [0, 0.1) is 6.92 Å². The monoisotopic (exact) mass is 301 g/mol. The molecule has 0 unspecified atom stereocenters. The molecule has 2 aromatic rings. The molecule has 0 saturated heterocycles. The van der Waals surface area contributed by atoms with E-state index in [1.165, 1.54) is 18.4 Å². The maximum atomic E-state index is 12.1. The van der Waals surface area contributed by atoms with Crippen molar-refractivity contribution in [2.24, 2.45) is 0 Å². The summed E-state index contributed by atoms with van der Waals surface area (Å²) in [4.78, 5) is 0.0953. The normalized spacial score (nSPS) is 11.7. The molecule has 0 aliphatic rings. The van der Waals surface area contributed by atoms with E-state index in [4.69, 9.17) is 17.3 Å². The number of nitrogens with two attached hydrogens (primary N) is 1. The van der Waals surface area contributed by atoms with Crippen molar-refractivity contribution >= 4 is 27.3 Å². The molecule has 0 amide bonds. The van der Waals surface area contributed by atoms with Gasteiger partial charge in [0.15, 0.2) is 0 Å². The van der Waals surface area contributed by atoms with E-state index in [9.17, 15) is 8.42 Å². The molecule has 0 fully saturated rings. The topological polar surface area (TPSA) is 98.2 Å². The first-order valence-corrected chi connectivity index (χ1v) is 7.21. The Morgan fingerprint density at radius 1 is 1.47 bits per heavy atom. The van der Waals surface area contributed by atoms with E-state index in [0.717, 1.165) is 0 Å².